The largest absolute Gasteiger partial charge is 0.143 e. The Morgan fingerprint density at radius 3 is 1.44 bits per heavy atom. The van der Waals surface area contributed by atoms with E-state index in [9.17, 15) is 0 Å². The quantitative estimate of drug-likeness (QED) is 0.148. The van der Waals surface area contributed by atoms with Gasteiger partial charge in [0.2, 0.25) is 0 Å². The highest BCUT2D eigenvalue weighted by Crippen LogP contribution is 2.71. The number of unbranched alkanes of at least 4 members (excludes halogenated alkanes) is 6. The molecule has 0 saturated heterocycles. The van der Waals surface area contributed by atoms with Crippen LogP contribution in [0.2, 0.25) is 0 Å². The van der Waals surface area contributed by atoms with E-state index in [2.05, 4.69) is 95.9 Å². The predicted molar refractivity (Wildman–Crippen MR) is 207 cm³/mol. The molecule has 3 aromatic heterocycles. The van der Waals surface area contributed by atoms with Crippen LogP contribution in [0.1, 0.15) is 65.2 Å². The van der Waals surface area contributed by atoms with Crippen molar-refractivity contribution in [3.8, 4) is 19.5 Å². The van der Waals surface area contributed by atoms with Crippen LogP contribution in [-0.4, -0.2) is 11.5 Å². The lowest BCUT2D eigenvalue weighted by molar-refractivity contribution is 0.707. The summed E-state index contributed by atoms with van der Waals surface area (Å²) in [6.45, 7) is 4.61. The van der Waals surface area contributed by atoms with Crippen LogP contribution in [0.5, 0.6) is 0 Å². The molecule has 0 nitrogen and oxygen atoms in total. The Morgan fingerprint density at radius 2 is 1.00 bits per heavy atom. The fourth-order valence-corrected chi connectivity index (χ4v) is 20.1. The molecule has 11 heteroatoms. The SMILES string of the molecule is CCCCCCSC1=C(SCCCCCC)SC(=C2SC3=C(S2)Sc2c(-c4cccs4)sc(-c4cccs4)c2S3)S1. The lowest BCUT2D eigenvalue weighted by Gasteiger charge is -2.14. The van der Waals surface area contributed by atoms with Crippen LogP contribution in [-0.2, 0) is 0 Å². The Hall–Kier alpha value is 1.12. The van der Waals surface area contributed by atoms with E-state index in [1.807, 2.05) is 81.1 Å². The second-order valence-corrected chi connectivity index (χ2v) is 22.3. The minimum atomic E-state index is 1.25. The first-order chi connectivity index (χ1) is 20.2. The van der Waals surface area contributed by atoms with Crippen LogP contribution in [0.4, 0.5) is 0 Å². The first kappa shape index (κ1) is 32.1. The molecule has 3 aliphatic rings. The summed E-state index contributed by atoms with van der Waals surface area (Å²) in [7, 11) is 0. The lowest BCUT2D eigenvalue weighted by atomic mass is 10.2. The monoisotopic (exact) mass is 744 g/mol. The summed E-state index contributed by atoms with van der Waals surface area (Å²) in [5, 5.41) is 4.42. The maximum Gasteiger partial charge on any atom is 0.0718 e. The number of fused-ring (bicyclic) bond motifs is 1. The first-order valence-electron chi connectivity index (χ1n) is 14.0. The molecule has 6 rings (SSSR count). The second kappa shape index (κ2) is 16.1. The number of hydrogen-bond donors (Lipinski definition) is 0. The maximum atomic E-state index is 2.30. The molecular weight excluding hydrogens is 713 g/mol. The van der Waals surface area contributed by atoms with E-state index < -0.39 is 0 Å². The molecule has 3 aromatic rings. The molecule has 0 aliphatic carbocycles. The van der Waals surface area contributed by atoms with E-state index in [0.29, 0.717) is 0 Å². The van der Waals surface area contributed by atoms with Crippen molar-refractivity contribution in [1.82, 2.24) is 0 Å². The lowest BCUT2D eigenvalue weighted by Crippen LogP contribution is -1.84. The molecule has 41 heavy (non-hydrogen) atoms. The second-order valence-electron chi connectivity index (χ2n) is 9.53. The Morgan fingerprint density at radius 1 is 0.537 bits per heavy atom. The minimum absolute atomic E-state index is 1.25. The molecule has 0 amide bonds. The maximum absolute atomic E-state index is 2.30. The van der Waals surface area contributed by atoms with Crippen molar-refractivity contribution in [2.45, 2.75) is 75.0 Å². The molecule has 0 N–H and O–H groups in total. The highest BCUT2D eigenvalue weighted by molar-refractivity contribution is 8.45. The van der Waals surface area contributed by atoms with Crippen LogP contribution < -0.4 is 0 Å². The van der Waals surface area contributed by atoms with E-state index >= 15 is 0 Å². The summed E-state index contributed by atoms with van der Waals surface area (Å²) in [6.07, 6.45) is 10.8. The molecule has 0 aromatic carbocycles. The molecule has 0 bridgehead atoms. The number of thiophene rings is 3. The average Bonchev–Trinajstić information content (AvgIpc) is 3.81. The third-order valence-corrected chi connectivity index (χ3v) is 21.9. The van der Waals surface area contributed by atoms with E-state index in [1.54, 1.807) is 8.47 Å². The van der Waals surface area contributed by atoms with Crippen molar-refractivity contribution in [2.24, 2.45) is 0 Å². The Balaban J connectivity index is 1.18. The minimum Gasteiger partial charge on any atom is -0.143 e. The van der Waals surface area contributed by atoms with Gasteiger partial charge in [0, 0.05) is 19.5 Å². The van der Waals surface area contributed by atoms with Crippen LogP contribution in [0.3, 0.4) is 0 Å². The standard InChI is InChI=1S/C30H32S11/c1-3-5-7-9-15-33-25-26(34-16-10-8-6-4-2)39-29(38-25)30-40-27-28(41-30)37-24-22(20-14-12-18-32-20)35-21(23(24)36-27)19-13-11-17-31-19/h11-14,17-18H,3-10,15-16H2,1-2H3. The summed E-state index contributed by atoms with van der Waals surface area (Å²) in [5.41, 5.74) is 0. The van der Waals surface area contributed by atoms with Crippen molar-refractivity contribution in [3.05, 3.63) is 60.4 Å². The molecule has 0 saturated carbocycles. The predicted octanol–water partition coefficient (Wildman–Crippen LogP) is 15.4. The van der Waals surface area contributed by atoms with Crippen LogP contribution in [0.15, 0.2) is 70.2 Å². The van der Waals surface area contributed by atoms with Crippen molar-refractivity contribution < 1.29 is 0 Å². The van der Waals surface area contributed by atoms with Gasteiger partial charge in [-0.25, -0.2) is 0 Å². The summed E-state index contributed by atoms with van der Waals surface area (Å²) < 4.78 is 9.12. The fourth-order valence-electron chi connectivity index (χ4n) is 4.31. The highest BCUT2D eigenvalue weighted by atomic mass is 32.3. The van der Waals surface area contributed by atoms with Gasteiger partial charge in [-0.05, 0) is 47.2 Å². The van der Waals surface area contributed by atoms with Crippen molar-refractivity contribution in [3.63, 3.8) is 0 Å². The molecule has 6 heterocycles. The van der Waals surface area contributed by atoms with Crippen molar-refractivity contribution >= 4 is 128 Å². The van der Waals surface area contributed by atoms with E-state index in [1.165, 1.54) is 109 Å². The van der Waals surface area contributed by atoms with Gasteiger partial charge in [0.1, 0.15) is 0 Å². The van der Waals surface area contributed by atoms with Gasteiger partial charge in [0.25, 0.3) is 0 Å². The van der Waals surface area contributed by atoms with Gasteiger partial charge in [0.05, 0.1) is 35.2 Å². The van der Waals surface area contributed by atoms with E-state index in [-0.39, 0.29) is 0 Å². The van der Waals surface area contributed by atoms with Crippen LogP contribution >= 0.6 is 128 Å². The third kappa shape index (κ3) is 7.92. The zero-order valence-corrected chi connectivity index (χ0v) is 32.0. The summed E-state index contributed by atoms with van der Waals surface area (Å²) >= 11 is 22.2. The normalized spacial score (nSPS) is 16.8. The molecule has 0 spiro atoms. The Kier molecular flexibility index (Phi) is 12.6. The highest BCUT2D eigenvalue weighted by Gasteiger charge is 2.36. The molecule has 3 aliphatic heterocycles. The summed E-state index contributed by atoms with van der Waals surface area (Å²) in [5.74, 6) is 2.51. The summed E-state index contributed by atoms with van der Waals surface area (Å²) in [6, 6.07) is 8.94. The summed E-state index contributed by atoms with van der Waals surface area (Å²) in [4.78, 5) is 8.63. The zero-order valence-electron chi connectivity index (χ0n) is 23.0. The Bertz CT molecular complexity index is 1310. The smallest absolute Gasteiger partial charge is 0.0718 e. The van der Waals surface area contributed by atoms with Gasteiger partial charge in [-0.15, -0.1) is 57.5 Å². The molecular formula is C30H32S11. The van der Waals surface area contributed by atoms with Crippen LogP contribution in [0, 0.1) is 0 Å². The van der Waals surface area contributed by atoms with Gasteiger partial charge in [-0.1, -0.05) is 135 Å². The van der Waals surface area contributed by atoms with Gasteiger partial charge < -0.3 is 0 Å². The van der Waals surface area contributed by atoms with Crippen LogP contribution in [0.25, 0.3) is 19.5 Å². The average molecular weight is 745 g/mol. The number of rotatable bonds is 14. The molecule has 218 valence electrons. The van der Waals surface area contributed by atoms with E-state index in [4.69, 9.17) is 0 Å². The van der Waals surface area contributed by atoms with Crippen molar-refractivity contribution in [2.75, 3.05) is 11.5 Å². The Labute approximate surface area is 291 Å². The van der Waals surface area contributed by atoms with E-state index in [0.717, 1.165) is 0 Å². The number of hydrogen-bond acceptors (Lipinski definition) is 11. The molecule has 0 fully saturated rings. The van der Waals surface area contributed by atoms with Gasteiger partial charge >= 0.3 is 0 Å². The number of thioether (sulfide) groups is 8. The molecule has 0 radical (unpaired) electrons. The third-order valence-electron chi connectivity index (χ3n) is 6.41. The van der Waals surface area contributed by atoms with Gasteiger partial charge in [0.15, 0.2) is 0 Å². The first-order valence-corrected chi connectivity index (χ1v) is 23.5. The van der Waals surface area contributed by atoms with Gasteiger partial charge in [-0.2, -0.15) is 0 Å². The fraction of sp³-hybridized carbons (Fsp3) is 0.400. The van der Waals surface area contributed by atoms with Gasteiger partial charge in [-0.3, -0.25) is 0 Å². The topological polar surface area (TPSA) is 0 Å². The molecule has 0 atom stereocenters. The zero-order chi connectivity index (χ0) is 28.0. The molecule has 0 unspecified atom stereocenters. The van der Waals surface area contributed by atoms with Crippen molar-refractivity contribution in [1.29, 1.82) is 0 Å².